The Labute approximate surface area is 230 Å². The van der Waals surface area contributed by atoms with Crippen molar-refractivity contribution in [3.05, 3.63) is 70.7 Å². The lowest BCUT2D eigenvalue weighted by molar-refractivity contribution is -0.136. The lowest BCUT2D eigenvalue weighted by atomic mass is 9.84. The van der Waals surface area contributed by atoms with Crippen molar-refractivity contribution in [3.63, 3.8) is 0 Å². The Hall–Kier alpha value is -2.90. The number of carbonyl (C=O) groups excluding carboxylic acids is 3. The van der Waals surface area contributed by atoms with Crippen LogP contribution in [0.5, 0.6) is 0 Å². The van der Waals surface area contributed by atoms with Gasteiger partial charge < -0.3 is 10.6 Å². The summed E-state index contributed by atoms with van der Waals surface area (Å²) >= 11 is 5.96. The molecule has 1 aliphatic carbocycles. The first-order valence-corrected chi connectivity index (χ1v) is 14.1. The maximum absolute atomic E-state index is 13.4. The third kappa shape index (κ3) is 10.5. The normalized spacial score (nSPS) is 15.3. The van der Waals surface area contributed by atoms with E-state index in [1.165, 1.54) is 6.42 Å². The molecule has 1 aliphatic rings. The van der Waals surface area contributed by atoms with E-state index < -0.39 is 17.9 Å². The molecule has 1 saturated carbocycles. The highest BCUT2D eigenvalue weighted by molar-refractivity contribution is 6.30. The van der Waals surface area contributed by atoms with Crippen LogP contribution >= 0.6 is 11.6 Å². The monoisotopic (exact) mass is 541 g/mol. The predicted molar refractivity (Wildman–Crippen MR) is 149 cm³/mol. The van der Waals surface area contributed by atoms with Crippen molar-refractivity contribution in [3.8, 4) is 0 Å². The molecule has 7 nitrogen and oxygen atoms in total. The highest BCUT2D eigenvalue weighted by atomic mass is 35.5. The second-order valence-corrected chi connectivity index (χ2v) is 10.7. The van der Waals surface area contributed by atoms with Crippen molar-refractivity contribution in [2.75, 3.05) is 6.54 Å². The third-order valence-electron chi connectivity index (χ3n) is 7.34. The molecular weight excluding hydrogens is 502 g/mol. The molecule has 0 aromatic heterocycles. The van der Waals surface area contributed by atoms with Crippen molar-refractivity contribution >= 4 is 29.3 Å². The summed E-state index contributed by atoms with van der Waals surface area (Å²) in [6, 6.07) is 16.8. The summed E-state index contributed by atoms with van der Waals surface area (Å²) in [5.41, 5.74) is 3.86. The number of hydroxylamine groups is 1. The minimum absolute atomic E-state index is 0.144. The summed E-state index contributed by atoms with van der Waals surface area (Å²) in [7, 11) is 0. The lowest BCUT2D eigenvalue weighted by Crippen LogP contribution is -2.50. The zero-order chi connectivity index (χ0) is 27.2. The average Bonchev–Trinajstić information content (AvgIpc) is 2.94. The molecule has 206 valence electrons. The maximum Gasteiger partial charge on any atom is 0.244 e. The zero-order valence-corrected chi connectivity index (χ0v) is 22.7. The third-order valence-corrected chi connectivity index (χ3v) is 7.59. The Morgan fingerprint density at radius 1 is 0.895 bits per heavy atom. The molecule has 0 heterocycles. The van der Waals surface area contributed by atoms with Gasteiger partial charge in [-0.05, 0) is 61.3 Å². The molecule has 4 N–H and O–H groups in total. The first-order chi connectivity index (χ1) is 18.4. The van der Waals surface area contributed by atoms with Crippen LogP contribution in [0, 0.1) is 11.8 Å². The molecule has 0 unspecified atom stereocenters. The van der Waals surface area contributed by atoms with Crippen LogP contribution in [0.25, 0.3) is 0 Å². The summed E-state index contributed by atoms with van der Waals surface area (Å²) in [5, 5.41) is 15.7. The molecule has 0 spiro atoms. The largest absolute Gasteiger partial charge is 0.354 e. The molecule has 2 atom stereocenters. The molecule has 0 saturated heterocycles. The number of carbonyl (C=O) groups is 3. The Morgan fingerprint density at radius 3 is 2.26 bits per heavy atom. The van der Waals surface area contributed by atoms with E-state index in [0.717, 1.165) is 43.2 Å². The van der Waals surface area contributed by atoms with E-state index in [9.17, 15) is 14.4 Å². The van der Waals surface area contributed by atoms with E-state index in [2.05, 4.69) is 10.6 Å². The molecule has 2 aromatic rings. The minimum Gasteiger partial charge on any atom is -0.354 e. The van der Waals surface area contributed by atoms with Crippen LogP contribution in [-0.4, -0.2) is 35.5 Å². The Kier molecular flexibility index (Phi) is 12.6. The number of nitrogens with one attached hydrogen (secondary N) is 3. The van der Waals surface area contributed by atoms with Crippen molar-refractivity contribution < 1.29 is 19.6 Å². The highest BCUT2D eigenvalue weighted by Gasteiger charge is 2.29. The smallest absolute Gasteiger partial charge is 0.244 e. The number of hydrogen-bond donors (Lipinski definition) is 4. The van der Waals surface area contributed by atoms with Crippen molar-refractivity contribution in [1.29, 1.82) is 0 Å². The zero-order valence-electron chi connectivity index (χ0n) is 22.0. The van der Waals surface area contributed by atoms with Crippen LogP contribution < -0.4 is 16.1 Å². The number of hydrogen-bond acceptors (Lipinski definition) is 4. The summed E-state index contributed by atoms with van der Waals surface area (Å²) < 4.78 is 0. The fraction of sp³-hybridized carbons (Fsp3) is 0.500. The standard InChI is InChI=1S/C30H40ClN3O4/c31-26-16-14-23(15-17-26)12-7-13-25(21-28(35)34-38)29(36)33-27(20-24-10-5-2-6-11-24)30(37)32-19-18-22-8-3-1-4-9-22/h1,3-4,8-9,14-17,24-25,27,38H,2,5-7,10-13,18-21H2,(H,32,37)(H,33,36)(H,34,35)/t25-,27+/m1/s1. The second kappa shape index (κ2) is 16.1. The van der Waals surface area contributed by atoms with E-state index in [4.69, 9.17) is 16.8 Å². The molecule has 1 fully saturated rings. The first-order valence-electron chi connectivity index (χ1n) is 13.7. The number of amides is 3. The van der Waals surface area contributed by atoms with E-state index in [0.29, 0.717) is 43.2 Å². The number of halogens is 1. The molecule has 0 bridgehead atoms. The van der Waals surface area contributed by atoms with Gasteiger partial charge in [-0.15, -0.1) is 0 Å². The minimum atomic E-state index is -0.655. The summed E-state index contributed by atoms with van der Waals surface area (Å²) in [4.78, 5) is 38.6. The van der Waals surface area contributed by atoms with Gasteiger partial charge in [0.25, 0.3) is 0 Å². The van der Waals surface area contributed by atoms with Gasteiger partial charge in [0.2, 0.25) is 17.7 Å². The highest BCUT2D eigenvalue weighted by Crippen LogP contribution is 2.28. The lowest BCUT2D eigenvalue weighted by Gasteiger charge is -2.28. The van der Waals surface area contributed by atoms with Gasteiger partial charge in [0, 0.05) is 23.9 Å². The summed E-state index contributed by atoms with van der Waals surface area (Å²) in [5.74, 6) is -1.40. The van der Waals surface area contributed by atoms with Crippen molar-refractivity contribution in [2.45, 2.75) is 76.7 Å². The Balaban J connectivity index is 1.61. The maximum atomic E-state index is 13.4. The van der Waals surface area contributed by atoms with Crippen molar-refractivity contribution in [1.82, 2.24) is 16.1 Å². The SMILES string of the molecule is O=C(C[C@@H](CCCc1ccc(Cl)cc1)C(=O)N[C@@H](CC1CCCCC1)C(=O)NCCc1ccccc1)NO. The van der Waals surface area contributed by atoms with Crippen LogP contribution in [0.4, 0.5) is 0 Å². The number of rotatable bonds is 14. The summed E-state index contributed by atoms with van der Waals surface area (Å²) in [6.45, 7) is 0.483. The van der Waals surface area contributed by atoms with Crippen LogP contribution in [0.2, 0.25) is 5.02 Å². The van der Waals surface area contributed by atoms with E-state index in [1.54, 1.807) is 5.48 Å². The summed E-state index contributed by atoms with van der Waals surface area (Å²) in [6.07, 6.45) is 8.62. The molecule has 0 radical (unpaired) electrons. The quantitative estimate of drug-likeness (QED) is 0.200. The average molecular weight is 542 g/mol. The van der Waals surface area contributed by atoms with Crippen LogP contribution in [0.15, 0.2) is 54.6 Å². The van der Waals surface area contributed by atoms with Crippen LogP contribution in [0.3, 0.4) is 0 Å². The van der Waals surface area contributed by atoms with Gasteiger partial charge in [-0.25, -0.2) is 5.48 Å². The van der Waals surface area contributed by atoms with Gasteiger partial charge in [0.1, 0.15) is 6.04 Å². The molecule has 2 aromatic carbocycles. The molecule has 38 heavy (non-hydrogen) atoms. The van der Waals surface area contributed by atoms with Gasteiger partial charge >= 0.3 is 0 Å². The van der Waals surface area contributed by atoms with Gasteiger partial charge in [0.15, 0.2) is 0 Å². The predicted octanol–water partition coefficient (Wildman–Crippen LogP) is 4.99. The molecule has 0 aliphatic heterocycles. The van der Waals surface area contributed by atoms with E-state index >= 15 is 0 Å². The molecule has 3 amide bonds. The number of benzene rings is 2. The van der Waals surface area contributed by atoms with Gasteiger partial charge in [0.05, 0.1) is 0 Å². The van der Waals surface area contributed by atoms with Crippen LogP contribution in [-0.2, 0) is 27.2 Å². The van der Waals surface area contributed by atoms with Crippen LogP contribution in [0.1, 0.15) is 68.9 Å². The molecule has 3 rings (SSSR count). The fourth-order valence-electron chi connectivity index (χ4n) is 5.17. The first kappa shape index (κ1) is 29.7. The van der Waals surface area contributed by atoms with Gasteiger partial charge in [-0.3, -0.25) is 19.6 Å². The topological polar surface area (TPSA) is 108 Å². The van der Waals surface area contributed by atoms with Crippen molar-refractivity contribution in [2.24, 2.45) is 11.8 Å². The second-order valence-electron chi connectivity index (χ2n) is 10.3. The van der Waals surface area contributed by atoms with Gasteiger partial charge in [-0.2, -0.15) is 0 Å². The van der Waals surface area contributed by atoms with E-state index in [1.807, 2.05) is 54.6 Å². The molecular formula is C30H40ClN3O4. The fourth-order valence-corrected chi connectivity index (χ4v) is 5.30. The number of aryl methyl sites for hydroxylation is 1. The van der Waals surface area contributed by atoms with E-state index in [-0.39, 0.29) is 18.2 Å². The molecule has 8 heteroatoms. The Bertz CT molecular complexity index is 1010. The Morgan fingerprint density at radius 2 is 1.58 bits per heavy atom. The van der Waals surface area contributed by atoms with Gasteiger partial charge in [-0.1, -0.05) is 86.2 Å².